The Morgan fingerprint density at radius 2 is 1.72 bits per heavy atom. The van der Waals surface area contributed by atoms with Gasteiger partial charge in [0.2, 0.25) is 5.91 Å². The molecular formula is C24H28N2O3. The zero-order chi connectivity index (χ0) is 20.4. The largest absolute Gasteiger partial charge is 0.497 e. The number of nitrogens with zero attached hydrogens (tertiary/aromatic N) is 2. The lowest BCUT2D eigenvalue weighted by atomic mass is 9.89. The van der Waals surface area contributed by atoms with E-state index in [0.717, 1.165) is 31.6 Å². The van der Waals surface area contributed by atoms with Gasteiger partial charge in [0.1, 0.15) is 5.75 Å². The van der Waals surface area contributed by atoms with E-state index in [1.165, 1.54) is 11.1 Å². The minimum atomic E-state index is -0.00271. The molecule has 2 aliphatic heterocycles. The molecule has 2 heterocycles. The Morgan fingerprint density at radius 1 is 1.00 bits per heavy atom. The average Bonchev–Trinajstić information content (AvgIpc) is 2.79. The van der Waals surface area contributed by atoms with Crippen molar-refractivity contribution >= 4 is 11.8 Å². The molecule has 2 aromatic rings. The number of piperidine rings is 1. The number of benzene rings is 2. The molecule has 29 heavy (non-hydrogen) atoms. The molecule has 0 aliphatic carbocycles. The van der Waals surface area contributed by atoms with Gasteiger partial charge in [0.15, 0.2) is 0 Å². The number of carbonyl (C=O) groups is 2. The molecule has 0 radical (unpaired) electrons. The van der Waals surface area contributed by atoms with Gasteiger partial charge in [-0.3, -0.25) is 9.59 Å². The number of likely N-dealkylation sites (tertiary alicyclic amines) is 1. The van der Waals surface area contributed by atoms with Gasteiger partial charge in [-0.1, -0.05) is 24.3 Å². The molecule has 0 saturated carbocycles. The van der Waals surface area contributed by atoms with Gasteiger partial charge in [-0.15, -0.1) is 0 Å². The van der Waals surface area contributed by atoms with Crippen LogP contribution in [0.3, 0.4) is 0 Å². The van der Waals surface area contributed by atoms with Crippen LogP contribution >= 0.6 is 0 Å². The van der Waals surface area contributed by atoms with E-state index >= 15 is 0 Å². The van der Waals surface area contributed by atoms with Crippen molar-refractivity contribution in [1.82, 2.24) is 9.80 Å². The zero-order valence-corrected chi connectivity index (χ0v) is 17.1. The third-order valence-electron chi connectivity index (χ3n) is 6.33. The quantitative estimate of drug-likeness (QED) is 0.800. The SMILES string of the molecule is COc1ccc2c(c1)CCN(C(=O)C1CCN(C(=O)c3ccccc3)CC1)C2C. The molecule has 2 aromatic carbocycles. The summed E-state index contributed by atoms with van der Waals surface area (Å²) in [7, 11) is 1.68. The minimum absolute atomic E-state index is 0.00271. The number of carbonyl (C=O) groups excluding carboxylic acids is 2. The second kappa shape index (κ2) is 8.27. The van der Waals surface area contributed by atoms with Gasteiger partial charge in [-0.05, 0) is 61.6 Å². The molecule has 1 atom stereocenters. The fraction of sp³-hybridized carbons (Fsp3) is 0.417. The summed E-state index contributed by atoms with van der Waals surface area (Å²) < 4.78 is 5.33. The van der Waals surface area contributed by atoms with Crippen LogP contribution in [0.2, 0.25) is 0 Å². The predicted octanol–water partition coefficient (Wildman–Crippen LogP) is 3.69. The number of methoxy groups -OCH3 is 1. The Balaban J connectivity index is 1.39. The summed E-state index contributed by atoms with van der Waals surface area (Å²) in [4.78, 5) is 29.8. The smallest absolute Gasteiger partial charge is 0.253 e. The minimum Gasteiger partial charge on any atom is -0.497 e. The molecule has 0 N–H and O–H groups in total. The summed E-state index contributed by atoms with van der Waals surface area (Å²) >= 11 is 0. The molecule has 1 saturated heterocycles. The van der Waals surface area contributed by atoms with Crippen LogP contribution in [0.4, 0.5) is 0 Å². The van der Waals surface area contributed by atoms with Crippen molar-refractivity contribution < 1.29 is 14.3 Å². The standard InChI is InChI=1S/C24H28N2O3/c1-17-22-9-8-21(29-2)16-20(22)12-15-26(17)24(28)19-10-13-25(14-11-19)23(27)18-6-4-3-5-7-18/h3-9,16-17,19H,10-15H2,1-2H3. The number of amides is 2. The number of hydrogen-bond donors (Lipinski definition) is 0. The maximum absolute atomic E-state index is 13.2. The van der Waals surface area contributed by atoms with Gasteiger partial charge in [0.25, 0.3) is 5.91 Å². The van der Waals surface area contributed by atoms with Gasteiger partial charge in [-0.2, -0.15) is 0 Å². The van der Waals surface area contributed by atoms with Crippen LogP contribution in [0, 0.1) is 5.92 Å². The normalized spacial score (nSPS) is 19.6. The molecule has 0 bridgehead atoms. The van der Waals surface area contributed by atoms with Crippen LogP contribution in [0.25, 0.3) is 0 Å². The van der Waals surface area contributed by atoms with E-state index in [1.807, 2.05) is 46.2 Å². The maximum atomic E-state index is 13.2. The molecule has 0 aromatic heterocycles. The number of rotatable bonds is 3. The highest BCUT2D eigenvalue weighted by molar-refractivity contribution is 5.94. The van der Waals surface area contributed by atoms with Gasteiger partial charge in [0.05, 0.1) is 13.2 Å². The topological polar surface area (TPSA) is 49.9 Å². The highest BCUT2D eigenvalue weighted by Crippen LogP contribution is 2.34. The predicted molar refractivity (Wildman–Crippen MR) is 112 cm³/mol. The van der Waals surface area contributed by atoms with Gasteiger partial charge >= 0.3 is 0 Å². The third kappa shape index (κ3) is 3.86. The molecule has 1 unspecified atom stereocenters. The van der Waals surface area contributed by atoms with Crippen molar-refractivity contribution in [3.8, 4) is 5.75 Å². The van der Waals surface area contributed by atoms with Crippen LogP contribution in [-0.2, 0) is 11.2 Å². The van der Waals surface area contributed by atoms with Crippen molar-refractivity contribution in [1.29, 1.82) is 0 Å². The molecule has 5 nitrogen and oxygen atoms in total. The first kappa shape index (κ1) is 19.5. The van der Waals surface area contributed by atoms with Crippen LogP contribution in [0.15, 0.2) is 48.5 Å². The summed E-state index contributed by atoms with van der Waals surface area (Å²) in [5.74, 6) is 1.15. The van der Waals surface area contributed by atoms with Crippen LogP contribution < -0.4 is 4.74 Å². The first-order valence-corrected chi connectivity index (χ1v) is 10.4. The molecule has 152 valence electrons. The fourth-order valence-electron chi connectivity index (χ4n) is 4.56. The Morgan fingerprint density at radius 3 is 2.41 bits per heavy atom. The van der Waals surface area contributed by atoms with Gasteiger partial charge in [-0.25, -0.2) is 0 Å². The van der Waals surface area contributed by atoms with Crippen molar-refractivity contribution in [3.63, 3.8) is 0 Å². The molecule has 0 spiro atoms. The second-order valence-electron chi connectivity index (χ2n) is 7.95. The molecule has 1 fully saturated rings. The molecular weight excluding hydrogens is 364 g/mol. The summed E-state index contributed by atoms with van der Waals surface area (Å²) in [6.45, 7) is 4.13. The Bertz CT molecular complexity index is 888. The number of hydrogen-bond acceptors (Lipinski definition) is 3. The first-order valence-electron chi connectivity index (χ1n) is 10.4. The van der Waals surface area contributed by atoms with Gasteiger partial charge in [0, 0.05) is 31.1 Å². The Labute approximate surface area is 172 Å². The summed E-state index contributed by atoms with van der Waals surface area (Å²) in [5, 5.41) is 0. The van der Waals surface area contributed by atoms with E-state index in [4.69, 9.17) is 4.74 Å². The van der Waals surface area contributed by atoms with E-state index in [-0.39, 0.29) is 23.8 Å². The third-order valence-corrected chi connectivity index (χ3v) is 6.33. The van der Waals surface area contributed by atoms with Crippen LogP contribution in [0.5, 0.6) is 5.75 Å². The van der Waals surface area contributed by atoms with E-state index in [0.29, 0.717) is 18.7 Å². The Kier molecular flexibility index (Phi) is 5.56. The van der Waals surface area contributed by atoms with E-state index in [1.54, 1.807) is 7.11 Å². The summed E-state index contributed by atoms with van der Waals surface area (Å²) in [6.07, 6.45) is 2.32. The number of ether oxygens (including phenoxy) is 1. The first-order chi connectivity index (χ1) is 14.1. The van der Waals surface area contributed by atoms with Crippen molar-refractivity contribution in [2.24, 2.45) is 5.92 Å². The maximum Gasteiger partial charge on any atom is 0.253 e. The lowest BCUT2D eigenvalue weighted by molar-refractivity contribution is -0.139. The highest BCUT2D eigenvalue weighted by atomic mass is 16.5. The fourth-order valence-corrected chi connectivity index (χ4v) is 4.56. The van der Waals surface area contributed by atoms with Crippen LogP contribution in [-0.4, -0.2) is 48.4 Å². The van der Waals surface area contributed by atoms with Crippen molar-refractivity contribution in [3.05, 3.63) is 65.2 Å². The zero-order valence-electron chi connectivity index (χ0n) is 17.1. The molecule has 2 aliphatic rings. The van der Waals surface area contributed by atoms with Crippen molar-refractivity contribution in [2.75, 3.05) is 26.7 Å². The summed E-state index contributed by atoms with van der Waals surface area (Å²) in [6, 6.07) is 15.6. The van der Waals surface area contributed by atoms with Crippen molar-refractivity contribution in [2.45, 2.75) is 32.2 Å². The molecule has 2 amide bonds. The second-order valence-corrected chi connectivity index (χ2v) is 7.95. The Hall–Kier alpha value is -2.82. The monoisotopic (exact) mass is 392 g/mol. The van der Waals surface area contributed by atoms with Crippen LogP contribution in [0.1, 0.15) is 47.3 Å². The number of fused-ring (bicyclic) bond motifs is 1. The molecule has 4 rings (SSSR count). The van der Waals surface area contributed by atoms with Gasteiger partial charge < -0.3 is 14.5 Å². The van der Waals surface area contributed by atoms with E-state index in [9.17, 15) is 9.59 Å². The average molecular weight is 392 g/mol. The highest BCUT2D eigenvalue weighted by Gasteiger charge is 2.34. The van der Waals surface area contributed by atoms with E-state index in [2.05, 4.69) is 19.1 Å². The molecule has 5 heteroatoms. The lowest BCUT2D eigenvalue weighted by Gasteiger charge is -2.39. The van der Waals surface area contributed by atoms with E-state index < -0.39 is 0 Å². The summed E-state index contributed by atoms with van der Waals surface area (Å²) in [5.41, 5.74) is 3.19. The lowest BCUT2D eigenvalue weighted by Crippen LogP contribution is -2.46.